The molecule has 2 aromatic carbocycles. The second-order valence-corrected chi connectivity index (χ2v) is 7.63. The molecule has 0 radical (unpaired) electrons. The maximum Gasteiger partial charge on any atom is 0.241 e. The second-order valence-electron chi connectivity index (χ2n) is 5.67. The summed E-state index contributed by atoms with van der Waals surface area (Å²) in [6.07, 6.45) is 0.254. The van der Waals surface area contributed by atoms with E-state index in [1.807, 2.05) is 0 Å². The van der Waals surface area contributed by atoms with Gasteiger partial charge in [-0.2, -0.15) is 0 Å². The number of anilines is 1. The van der Waals surface area contributed by atoms with Crippen LogP contribution in [0.25, 0.3) is 0 Å². The van der Waals surface area contributed by atoms with Crippen molar-refractivity contribution in [1.29, 1.82) is 0 Å². The summed E-state index contributed by atoms with van der Waals surface area (Å²) in [6, 6.07) is 11.3. The molecular weight excluding hydrogens is 347 g/mol. The monoisotopic (exact) mass is 364 g/mol. The van der Waals surface area contributed by atoms with Crippen LogP contribution in [-0.2, 0) is 21.2 Å². The highest BCUT2D eigenvalue weighted by atomic mass is 32.2. The molecule has 0 fully saturated rings. The van der Waals surface area contributed by atoms with Crippen LogP contribution in [0, 0.1) is 5.82 Å². The SMILES string of the molecule is NC(=O)[C@@H]1Cc2ccccc2N1S(=O)(=O)CCOc1ccc(F)cc1. The Morgan fingerprint density at radius 2 is 1.88 bits per heavy atom. The van der Waals surface area contributed by atoms with Crippen LogP contribution in [0.5, 0.6) is 5.75 Å². The number of rotatable bonds is 6. The molecule has 0 saturated heterocycles. The maximum atomic E-state index is 12.9. The Labute approximate surface area is 145 Å². The minimum Gasteiger partial charge on any atom is -0.492 e. The highest BCUT2D eigenvalue weighted by Crippen LogP contribution is 2.34. The van der Waals surface area contributed by atoms with Crippen LogP contribution in [0.2, 0.25) is 0 Å². The van der Waals surface area contributed by atoms with Crippen molar-refractivity contribution in [3.63, 3.8) is 0 Å². The number of nitrogens with zero attached hydrogens (tertiary/aromatic N) is 1. The van der Waals surface area contributed by atoms with Crippen molar-refractivity contribution in [2.45, 2.75) is 12.5 Å². The fourth-order valence-electron chi connectivity index (χ4n) is 2.81. The molecule has 0 saturated carbocycles. The molecule has 2 aromatic rings. The van der Waals surface area contributed by atoms with Crippen molar-refractivity contribution < 1.29 is 22.3 Å². The summed E-state index contributed by atoms with van der Waals surface area (Å²) < 4.78 is 44.8. The lowest BCUT2D eigenvalue weighted by Crippen LogP contribution is -2.47. The van der Waals surface area contributed by atoms with Crippen molar-refractivity contribution in [3.8, 4) is 5.75 Å². The Morgan fingerprint density at radius 1 is 1.20 bits per heavy atom. The van der Waals surface area contributed by atoms with Crippen LogP contribution in [0.3, 0.4) is 0 Å². The van der Waals surface area contributed by atoms with E-state index in [2.05, 4.69) is 0 Å². The average molecular weight is 364 g/mol. The third-order valence-corrected chi connectivity index (χ3v) is 5.71. The van der Waals surface area contributed by atoms with Crippen molar-refractivity contribution in [2.24, 2.45) is 5.73 Å². The Kier molecular flexibility index (Phi) is 4.63. The Balaban J connectivity index is 1.75. The van der Waals surface area contributed by atoms with Crippen molar-refractivity contribution >= 4 is 21.6 Å². The molecule has 0 spiro atoms. The quantitative estimate of drug-likeness (QED) is 0.840. The molecule has 0 unspecified atom stereocenters. The highest BCUT2D eigenvalue weighted by Gasteiger charge is 2.40. The van der Waals surface area contributed by atoms with Gasteiger partial charge in [-0.1, -0.05) is 18.2 Å². The van der Waals surface area contributed by atoms with Gasteiger partial charge in [0.15, 0.2) is 0 Å². The third kappa shape index (κ3) is 3.58. The van der Waals surface area contributed by atoms with E-state index < -0.39 is 27.8 Å². The van der Waals surface area contributed by atoms with Gasteiger partial charge in [0.05, 0.1) is 5.69 Å². The number of nitrogens with two attached hydrogens (primary N) is 1. The molecule has 3 rings (SSSR count). The van der Waals surface area contributed by atoms with E-state index in [0.717, 1.165) is 9.87 Å². The number of hydrogen-bond acceptors (Lipinski definition) is 4. The summed E-state index contributed by atoms with van der Waals surface area (Å²) in [5.41, 5.74) is 6.61. The molecule has 6 nitrogen and oxygen atoms in total. The van der Waals surface area contributed by atoms with Gasteiger partial charge < -0.3 is 10.5 Å². The number of primary amides is 1. The summed E-state index contributed by atoms with van der Waals surface area (Å²) in [6.45, 7) is -0.127. The maximum absolute atomic E-state index is 12.9. The molecule has 25 heavy (non-hydrogen) atoms. The zero-order valence-corrected chi connectivity index (χ0v) is 14.1. The average Bonchev–Trinajstić information content (AvgIpc) is 2.97. The first kappa shape index (κ1) is 17.2. The molecule has 0 bridgehead atoms. The van der Waals surface area contributed by atoms with E-state index >= 15 is 0 Å². The van der Waals surface area contributed by atoms with Gasteiger partial charge in [0.1, 0.15) is 30.0 Å². The Bertz CT molecular complexity index is 884. The number of para-hydroxylation sites is 1. The molecule has 0 aliphatic carbocycles. The van der Waals surface area contributed by atoms with E-state index in [1.54, 1.807) is 24.3 Å². The molecule has 2 N–H and O–H groups in total. The van der Waals surface area contributed by atoms with E-state index in [0.29, 0.717) is 11.4 Å². The van der Waals surface area contributed by atoms with Gasteiger partial charge >= 0.3 is 0 Å². The normalized spacial score (nSPS) is 16.5. The minimum atomic E-state index is -3.81. The van der Waals surface area contributed by atoms with Crippen LogP contribution in [0.15, 0.2) is 48.5 Å². The van der Waals surface area contributed by atoms with Gasteiger partial charge in [-0.25, -0.2) is 12.8 Å². The molecule has 8 heteroatoms. The van der Waals surface area contributed by atoms with Crippen molar-refractivity contribution in [3.05, 3.63) is 59.9 Å². The van der Waals surface area contributed by atoms with E-state index in [-0.39, 0.29) is 18.8 Å². The molecule has 1 amide bonds. The number of benzene rings is 2. The molecule has 1 atom stereocenters. The van der Waals surface area contributed by atoms with Crippen molar-refractivity contribution in [2.75, 3.05) is 16.7 Å². The number of amides is 1. The number of sulfonamides is 1. The van der Waals surface area contributed by atoms with Gasteiger partial charge in [0.25, 0.3) is 0 Å². The zero-order valence-electron chi connectivity index (χ0n) is 13.3. The van der Waals surface area contributed by atoms with E-state index in [1.165, 1.54) is 24.3 Å². The summed E-state index contributed by atoms with van der Waals surface area (Å²) in [5.74, 6) is -1.07. The predicted molar refractivity (Wildman–Crippen MR) is 91.3 cm³/mol. The Morgan fingerprint density at radius 3 is 2.56 bits per heavy atom. The number of carbonyl (C=O) groups excluding carboxylic acids is 1. The largest absolute Gasteiger partial charge is 0.492 e. The first-order chi connectivity index (χ1) is 11.9. The third-order valence-electron chi connectivity index (χ3n) is 3.98. The fraction of sp³-hybridized carbons (Fsp3) is 0.235. The van der Waals surface area contributed by atoms with Crippen LogP contribution in [0.4, 0.5) is 10.1 Å². The first-order valence-electron chi connectivity index (χ1n) is 7.66. The molecule has 1 heterocycles. The summed E-state index contributed by atoms with van der Waals surface area (Å²) in [7, 11) is -3.81. The van der Waals surface area contributed by atoms with Crippen LogP contribution >= 0.6 is 0 Å². The standard InChI is InChI=1S/C17H17FN2O4S/c18-13-5-7-14(8-6-13)24-9-10-25(22,23)20-15-4-2-1-3-12(15)11-16(20)17(19)21/h1-8,16H,9-11H2,(H2,19,21)/t16-/m0/s1. The van der Waals surface area contributed by atoms with Crippen LogP contribution in [0.1, 0.15) is 5.56 Å². The van der Waals surface area contributed by atoms with Crippen molar-refractivity contribution in [1.82, 2.24) is 0 Å². The lowest BCUT2D eigenvalue weighted by molar-refractivity contribution is -0.118. The molecule has 1 aliphatic heterocycles. The van der Waals surface area contributed by atoms with Crippen LogP contribution < -0.4 is 14.8 Å². The second kappa shape index (κ2) is 6.72. The molecule has 1 aliphatic rings. The number of fused-ring (bicyclic) bond motifs is 1. The summed E-state index contributed by atoms with van der Waals surface area (Å²) >= 11 is 0. The highest BCUT2D eigenvalue weighted by molar-refractivity contribution is 7.92. The lowest BCUT2D eigenvalue weighted by atomic mass is 10.1. The van der Waals surface area contributed by atoms with E-state index in [9.17, 15) is 17.6 Å². The zero-order chi connectivity index (χ0) is 18.0. The van der Waals surface area contributed by atoms with Gasteiger partial charge in [-0.05, 0) is 35.9 Å². The van der Waals surface area contributed by atoms with Crippen LogP contribution in [-0.4, -0.2) is 32.7 Å². The number of hydrogen-bond donors (Lipinski definition) is 1. The van der Waals surface area contributed by atoms with Gasteiger partial charge in [-0.3, -0.25) is 9.10 Å². The molecular formula is C17H17FN2O4S. The smallest absolute Gasteiger partial charge is 0.241 e. The minimum absolute atomic E-state index is 0.127. The number of ether oxygens (including phenoxy) is 1. The Hall–Kier alpha value is -2.61. The molecule has 132 valence electrons. The predicted octanol–water partition coefficient (Wildman–Crippen LogP) is 1.45. The number of carbonyl (C=O) groups is 1. The van der Waals surface area contributed by atoms with Gasteiger partial charge in [0, 0.05) is 6.42 Å². The van der Waals surface area contributed by atoms with Gasteiger partial charge in [-0.15, -0.1) is 0 Å². The first-order valence-corrected chi connectivity index (χ1v) is 9.27. The summed E-state index contributed by atoms with van der Waals surface area (Å²) in [5, 5.41) is 0. The molecule has 0 aromatic heterocycles. The fourth-order valence-corrected chi connectivity index (χ4v) is 4.35. The van der Waals surface area contributed by atoms with Gasteiger partial charge in [0.2, 0.25) is 15.9 Å². The lowest BCUT2D eigenvalue weighted by Gasteiger charge is -2.24. The number of halogens is 1. The topological polar surface area (TPSA) is 89.7 Å². The summed E-state index contributed by atoms with van der Waals surface area (Å²) in [4.78, 5) is 11.7. The van der Waals surface area contributed by atoms with E-state index in [4.69, 9.17) is 10.5 Å².